The molecule has 0 spiro atoms. The first-order valence-corrected chi connectivity index (χ1v) is 8.28. The zero-order valence-corrected chi connectivity index (χ0v) is 14.2. The normalized spacial score (nSPS) is 10.7. The molecule has 6 heteroatoms. The number of hydrogen-bond acceptors (Lipinski definition) is 5. The van der Waals surface area contributed by atoms with Crippen LogP contribution in [0.5, 0.6) is 5.75 Å². The summed E-state index contributed by atoms with van der Waals surface area (Å²) in [5.41, 5.74) is 4.56. The maximum absolute atomic E-state index is 5.18. The number of tetrazole rings is 1. The molecular formula is C17H18N4OS. The summed E-state index contributed by atoms with van der Waals surface area (Å²) in [6.07, 6.45) is 0. The van der Waals surface area contributed by atoms with Crippen LogP contribution in [0.25, 0.3) is 5.69 Å². The van der Waals surface area contributed by atoms with E-state index in [-0.39, 0.29) is 0 Å². The largest absolute Gasteiger partial charge is 0.497 e. The molecule has 0 fully saturated rings. The molecule has 0 bridgehead atoms. The van der Waals surface area contributed by atoms with Gasteiger partial charge in [0.25, 0.3) is 0 Å². The van der Waals surface area contributed by atoms with Crippen LogP contribution in [0, 0.1) is 13.8 Å². The lowest BCUT2D eigenvalue weighted by molar-refractivity contribution is 0.414. The van der Waals surface area contributed by atoms with Crippen LogP contribution in [0.4, 0.5) is 0 Å². The van der Waals surface area contributed by atoms with Crippen molar-refractivity contribution in [2.24, 2.45) is 0 Å². The van der Waals surface area contributed by atoms with Crippen LogP contribution in [-0.4, -0.2) is 27.3 Å². The maximum atomic E-state index is 5.18. The van der Waals surface area contributed by atoms with E-state index in [0.717, 1.165) is 33.5 Å². The Kier molecular flexibility index (Phi) is 4.62. The molecular weight excluding hydrogens is 308 g/mol. The van der Waals surface area contributed by atoms with E-state index in [1.807, 2.05) is 22.9 Å². The molecule has 0 aliphatic carbocycles. The summed E-state index contributed by atoms with van der Waals surface area (Å²) < 4.78 is 7.00. The minimum absolute atomic E-state index is 0.790. The van der Waals surface area contributed by atoms with E-state index in [2.05, 4.69) is 53.6 Å². The van der Waals surface area contributed by atoms with E-state index >= 15 is 0 Å². The number of nitrogens with zero attached hydrogens (tertiary/aromatic N) is 4. The molecule has 0 saturated heterocycles. The zero-order chi connectivity index (χ0) is 16.2. The van der Waals surface area contributed by atoms with E-state index in [1.165, 1.54) is 5.56 Å². The summed E-state index contributed by atoms with van der Waals surface area (Å²) >= 11 is 1.62. The lowest BCUT2D eigenvalue weighted by Crippen LogP contribution is -2.04. The van der Waals surface area contributed by atoms with Crippen LogP contribution in [0.2, 0.25) is 0 Å². The highest BCUT2D eigenvalue weighted by Crippen LogP contribution is 2.26. The quantitative estimate of drug-likeness (QED) is 0.671. The van der Waals surface area contributed by atoms with Crippen molar-refractivity contribution in [1.29, 1.82) is 0 Å². The van der Waals surface area contributed by atoms with Crippen molar-refractivity contribution >= 4 is 11.8 Å². The van der Waals surface area contributed by atoms with Crippen LogP contribution in [0.1, 0.15) is 16.7 Å². The fourth-order valence-corrected chi connectivity index (χ4v) is 3.25. The van der Waals surface area contributed by atoms with E-state index in [4.69, 9.17) is 4.74 Å². The van der Waals surface area contributed by atoms with Crippen LogP contribution in [-0.2, 0) is 5.75 Å². The third-order valence-electron chi connectivity index (χ3n) is 3.62. The number of thioether (sulfide) groups is 1. The van der Waals surface area contributed by atoms with Gasteiger partial charge < -0.3 is 4.74 Å². The average molecular weight is 326 g/mol. The van der Waals surface area contributed by atoms with Gasteiger partial charge in [-0.3, -0.25) is 0 Å². The number of aromatic nitrogens is 4. The first-order valence-electron chi connectivity index (χ1n) is 7.29. The summed E-state index contributed by atoms with van der Waals surface area (Å²) in [5, 5.41) is 13.0. The second kappa shape index (κ2) is 6.83. The van der Waals surface area contributed by atoms with Crippen LogP contribution in [0.3, 0.4) is 0 Å². The molecule has 0 saturated carbocycles. The van der Waals surface area contributed by atoms with Crippen molar-refractivity contribution in [3.63, 3.8) is 0 Å². The highest BCUT2D eigenvalue weighted by atomic mass is 32.2. The summed E-state index contributed by atoms with van der Waals surface area (Å²) in [6.45, 7) is 4.14. The molecule has 0 aliphatic rings. The smallest absolute Gasteiger partial charge is 0.214 e. The van der Waals surface area contributed by atoms with Gasteiger partial charge in [-0.15, -0.1) is 5.10 Å². The van der Waals surface area contributed by atoms with E-state index < -0.39 is 0 Å². The third kappa shape index (κ3) is 3.37. The van der Waals surface area contributed by atoms with Crippen molar-refractivity contribution in [3.8, 4) is 11.4 Å². The molecule has 0 N–H and O–H groups in total. The molecule has 5 nitrogen and oxygen atoms in total. The lowest BCUT2D eigenvalue weighted by Gasteiger charge is -2.10. The summed E-state index contributed by atoms with van der Waals surface area (Å²) in [6, 6.07) is 14.2. The van der Waals surface area contributed by atoms with Crippen molar-refractivity contribution in [1.82, 2.24) is 20.2 Å². The van der Waals surface area contributed by atoms with Crippen molar-refractivity contribution in [3.05, 3.63) is 59.2 Å². The molecule has 1 heterocycles. The first kappa shape index (κ1) is 15.6. The topological polar surface area (TPSA) is 52.8 Å². The molecule has 3 aromatic rings. The number of aryl methyl sites for hydroxylation is 2. The summed E-state index contributed by atoms with van der Waals surface area (Å²) in [7, 11) is 1.67. The van der Waals surface area contributed by atoms with Gasteiger partial charge in [0.2, 0.25) is 5.16 Å². The minimum Gasteiger partial charge on any atom is -0.497 e. The van der Waals surface area contributed by atoms with Gasteiger partial charge in [0.05, 0.1) is 12.8 Å². The Morgan fingerprint density at radius 1 is 1.04 bits per heavy atom. The lowest BCUT2D eigenvalue weighted by atomic mass is 10.1. The van der Waals surface area contributed by atoms with Gasteiger partial charge in [-0.05, 0) is 53.1 Å². The van der Waals surface area contributed by atoms with Gasteiger partial charge in [-0.2, -0.15) is 4.68 Å². The monoisotopic (exact) mass is 326 g/mol. The Labute approximate surface area is 139 Å². The molecule has 3 rings (SSSR count). The Morgan fingerprint density at radius 3 is 2.39 bits per heavy atom. The standard InChI is InChI=1S/C17H18N4OS/c1-12-5-4-6-13(2)16(12)21-17(18-19-20-21)23-11-14-7-9-15(22-3)10-8-14/h4-10H,11H2,1-3H3. The fourth-order valence-electron chi connectivity index (χ4n) is 2.42. The zero-order valence-electron chi connectivity index (χ0n) is 13.4. The SMILES string of the molecule is COc1ccc(CSc2nnnn2-c2c(C)cccc2C)cc1. The van der Waals surface area contributed by atoms with Crippen molar-refractivity contribution in [2.45, 2.75) is 24.8 Å². The van der Waals surface area contributed by atoms with E-state index in [1.54, 1.807) is 18.9 Å². The van der Waals surface area contributed by atoms with Crippen molar-refractivity contribution < 1.29 is 4.74 Å². The van der Waals surface area contributed by atoms with E-state index in [0.29, 0.717) is 0 Å². The van der Waals surface area contributed by atoms with Gasteiger partial charge in [0.15, 0.2) is 0 Å². The minimum atomic E-state index is 0.790. The molecule has 118 valence electrons. The molecule has 23 heavy (non-hydrogen) atoms. The highest BCUT2D eigenvalue weighted by Gasteiger charge is 2.13. The van der Waals surface area contributed by atoms with Crippen LogP contribution < -0.4 is 4.74 Å². The molecule has 1 aromatic heterocycles. The number of methoxy groups -OCH3 is 1. The predicted octanol–water partition coefficient (Wildman–Crippen LogP) is 3.58. The number of benzene rings is 2. The number of ether oxygens (including phenoxy) is 1. The summed E-state index contributed by atoms with van der Waals surface area (Å²) in [4.78, 5) is 0. The van der Waals surface area contributed by atoms with Gasteiger partial charge in [0.1, 0.15) is 5.75 Å². The highest BCUT2D eigenvalue weighted by molar-refractivity contribution is 7.98. The second-order valence-electron chi connectivity index (χ2n) is 5.25. The van der Waals surface area contributed by atoms with Crippen LogP contribution in [0.15, 0.2) is 47.6 Å². The Bertz CT molecular complexity index is 778. The fraction of sp³-hybridized carbons (Fsp3) is 0.235. The second-order valence-corrected chi connectivity index (χ2v) is 6.19. The van der Waals surface area contributed by atoms with Gasteiger partial charge in [-0.25, -0.2) is 0 Å². The molecule has 0 unspecified atom stereocenters. The van der Waals surface area contributed by atoms with E-state index in [9.17, 15) is 0 Å². The number of rotatable bonds is 5. The maximum Gasteiger partial charge on any atom is 0.214 e. The number of para-hydroxylation sites is 1. The molecule has 0 amide bonds. The molecule has 0 aliphatic heterocycles. The molecule has 0 atom stereocenters. The predicted molar refractivity (Wildman–Crippen MR) is 91.2 cm³/mol. The Hall–Kier alpha value is -2.34. The Balaban J connectivity index is 1.81. The average Bonchev–Trinajstić information content (AvgIpc) is 3.01. The molecule has 0 radical (unpaired) electrons. The summed E-state index contributed by atoms with van der Waals surface area (Å²) in [5.74, 6) is 1.66. The van der Waals surface area contributed by atoms with Gasteiger partial charge >= 0.3 is 0 Å². The third-order valence-corrected chi connectivity index (χ3v) is 4.61. The van der Waals surface area contributed by atoms with Gasteiger partial charge in [0, 0.05) is 5.75 Å². The number of hydrogen-bond donors (Lipinski definition) is 0. The van der Waals surface area contributed by atoms with Crippen LogP contribution >= 0.6 is 11.8 Å². The Morgan fingerprint density at radius 2 is 1.74 bits per heavy atom. The molecule has 2 aromatic carbocycles. The van der Waals surface area contributed by atoms with Gasteiger partial charge in [-0.1, -0.05) is 42.1 Å². The van der Waals surface area contributed by atoms with Crippen molar-refractivity contribution in [2.75, 3.05) is 7.11 Å². The first-order chi connectivity index (χ1) is 11.2.